The monoisotopic (exact) mass is 329 g/mol. The third-order valence-corrected chi connectivity index (χ3v) is 3.99. The van der Waals surface area contributed by atoms with Crippen LogP contribution in [-0.4, -0.2) is 18.9 Å². The van der Waals surface area contributed by atoms with Crippen molar-refractivity contribution in [2.75, 3.05) is 13.8 Å². The van der Waals surface area contributed by atoms with E-state index in [-0.39, 0.29) is 6.61 Å². The zero-order valence-electron chi connectivity index (χ0n) is 13.5. The summed E-state index contributed by atoms with van der Waals surface area (Å²) in [4.78, 5) is 0. The van der Waals surface area contributed by atoms with Crippen molar-refractivity contribution in [3.63, 3.8) is 0 Å². The second kappa shape index (κ2) is 7.13. The zero-order chi connectivity index (χ0) is 17.1. The van der Waals surface area contributed by atoms with Gasteiger partial charge >= 0.3 is 0 Å². The second-order valence-electron chi connectivity index (χ2n) is 5.75. The molecule has 0 fully saturated rings. The predicted molar refractivity (Wildman–Crippen MR) is 91.2 cm³/mol. The SMILES string of the molecule is COCc1cc2cc(CO)cc(-c3cccc(C(N)CF)c3)c2o1. The molecule has 0 spiro atoms. The number of ether oxygens (including phenoxy) is 1. The lowest BCUT2D eigenvalue weighted by molar-refractivity contribution is 0.166. The standard InChI is InChI=1S/C19H20FNO3/c1-23-11-16-8-15-5-12(10-22)6-17(19(15)24-16)13-3-2-4-14(7-13)18(21)9-20/h2-8,18,22H,9-11,21H2,1H3. The van der Waals surface area contributed by atoms with Crippen molar-refractivity contribution in [3.8, 4) is 11.1 Å². The highest BCUT2D eigenvalue weighted by molar-refractivity contribution is 5.93. The lowest BCUT2D eigenvalue weighted by atomic mass is 9.97. The number of methoxy groups -OCH3 is 1. The summed E-state index contributed by atoms with van der Waals surface area (Å²) in [5.41, 5.74) is 9.73. The van der Waals surface area contributed by atoms with E-state index in [4.69, 9.17) is 14.9 Å². The molecule has 1 unspecified atom stereocenters. The number of aliphatic hydroxyl groups excluding tert-OH is 1. The van der Waals surface area contributed by atoms with Gasteiger partial charge in [0.15, 0.2) is 0 Å². The molecule has 0 radical (unpaired) electrons. The molecule has 0 amide bonds. The molecule has 3 aromatic rings. The number of rotatable bonds is 6. The van der Waals surface area contributed by atoms with Gasteiger partial charge < -0.3 is 20.0 Å². The number of hydrogen-bond donors (Lipinski definition) is 2. The lowest BCUT2D eigenvalue weighted by Gasteiger charge is -2.11. The van der Waals surface area contributed by atoms with E-state index in [0.717, 1.165) is 27.6 Å². The summed E-state index contributed by atoms with van der Waals surface area (Å²) in [6.45, 7) is -0.318. The van der Waals surface area contributed by atoms with Crippen LogP contribution in [0.15, 0.2) is 46.9 Å². The fourth-order valence-electron chi connectivity index (χ4n) is 2.81. The van der Waals surface area contributed by atoms with E-state index < -0.39 is 12.7 Å². The summed E-state index contributed by atoms with van der Waals surface area (Å²) < 4.78 is 23.9. The Morgan fingerprint density at radius 2 is 2.08 bits per heavy atom. The van der Waals surface area contributed by atoms with Gasteiger partial charge in [-0.1, -0.05) is 18.2 Å². The average Bonchev–Trinajstić information content (AvgIpc) is 3.02. The first-order valence-electron chi connectivity index (χ1n) is 7.73. The molecule has 2 aromatic carbocycles. The van der Waals surface area contributed by atoms with E-state index >= 15 is 0 Å². The highest BCUT2D eigenvalue weighted by Crippen LogP contribution is 2.34. The van der Waals surface area contributed by atoms with Gasteiger partial charge in [-0.3, -0.25) is 0 Å². The minimum Gasteiger partial charge on any atom is -0.458 e. The van der Waals surface area contributed by atoms with Crippen LogP contribution in [0.5, 0.6) is 0 Å². The van der Waals surface area contributed by atoms with Crippen LogP contribution < -0.4 is 5.73 Å². The smallest absolute Gasteiger partial charge is 0.142 e. The first kappa shape index (κ1) is 16.6. The number of halogens is 1. The lowest BCUT2D eigenvalue weighted by Crippen LogP contribution is -2.11. The summed E-state index contributed by atoms with van der Waals surface area (Å²) in [7, 11) is 1.61. The quantitative estimate of drug-likeness (QED) is 0.723. The minimum atomic E-state index is -0.651. The molecule has 0 saturated heterocycles. The number of alkyl halides is 1. The van der Waals surface area contributed by atoms with E-state index in [9.17, 15) is 9.50 Å². The number of aliphatic hydroxyl groups is 1. The number of furan rings is 1. The van der Waals surface area contributed by atoms with Gasteiger partial charge in [0.25, 0.3) is 0 Å². The molecule has 0 aliphatic heterocycles. The first-order chi connectivity index (χ1) is 11.7. The van der Waals surface area contributed by atoms with Crippen molar-refractivity contribution in [2.24, 2.45) is 5.73 Å². The van der Waals surface area contributed by atoms with Gasteiger partial charge in [0.2, 0.25) is 0 Å². The molecule has 1 atom stereocenters. The molecule has 4 nitrogen and oxygen atoms in total. The van der Waals surface area contributed by atoms with Crippen LogP contribution in [-0.2, 0) is 18.0 Å². The summed E-state index contributed by atoms with van der Waals surface area (Å²) >= 11 is 0. The topological polar surface area (TPSA) is 68.6 Å². The molecular formula is C19H20FNO3. The molecular weight excluding hydrogens is 309 g/mol. The van der Waals surface area contributed by atoms with Crippen molar-refractivity contribution in [2.45, 2.75) is 19.3 Å². The van der Waals surface area contributed by atoms with E-state index in [0.29, 0.717) is 18.0 Å². The normalized spacial score (nSPS) is 12.7. The van der Waals surface area contributed by atoms with Gasteiger partial charge in [-0.05, 0) is 41.0 Å². The van der Waals surface area contributed by atoms with E-state index in [1.165, 1.54) is 0 Å². The number of hydrogen-bond acceptors (Lipinski definition) is 4. The van der Waals surface area contributed by atoms with Gasteiger partial charge in [-0.15, -0.1) is 0 Å². The molecule has 0 aliphatic rings. The molecule has 3 rings (SSSR count). The molecule has 5 heteroatoms. The third kappa shape index (κ3) is 3.19. The Labute approximate surface area is 139 Å². The van der Waals surface area contributed by atoms with Crippen LogP contribution in [0.2, 0.25) is 0 Å². The summed E-state index contributed by atoms with van der Waals surface area (Å²) in [5, 5.41) is 10.4. The average molecular weight is 329 g/mol. The van der Waals surface area contributed by atoms with Crippen LogP contribution in [0.3, 0.4) is 0 Å². The largest absolute Gasteiger partial charge is 0.458 e. The van der Waals surface area contributed by atoms with Gasteiger partial charge in [0.1, 0.15) is 24.6 Å². The summed E-state index contributed by atoms with van der Waals surface area (Å²) in [5.74, 6) is 0.709. The van der Waals surface area contributed by atoms with Crippen LogP contribution in [0.1, 0.15) is 22.9 Å². The predicted octanol–water partition coefficient (Wildman–Crippen LogP) is 3.71. The van der Waals surface area contributed by atoms with Gasteiger partial charge in [0, 0.05) is 18.1 Å². The fourth-order valence-corrected chi connectivity index (χ4v) is 2.81. The Balaban J connectivity index is 2.17. The Bertz CT molecular complexity index is 844. The summed E-state index contributed by atoms with van der Waals surface area (Å²) in [6.07, 6.45) is 0. The molecule has 0 bridgehead atoms. The minimum absolute atomic E-state index is 0.0720. The molecule has 0 aliphatic carbocycles. The van der Waals surface area contributed by atoms with Crippen molar-refractivity contribution in [1.82, 2.24) is 0 Å². The molecule has 126 valence electrons. The fraction of sp³-hybridized carbons (Fsp3) is 0.263. The first-order valence-corrected chi connectivity index (χ1v) is 7.73. The highest BCUT2D eigenvalue weighted by atomic mass is 19.1. The van der Waals surface area contributed by atoms with E-state index in [1.807, 2.05) is 36.4 Å². The number of benzene rings is 2. The van der Waals surface area contributed by atoms with Crippen molar-refractivity contribution < 1.29 is 18.7 Å². The van der Waals surface area contributed by atoms with Crippen molar-refractivity contribution in [1.29, 1.82) is 0 Å². The Hall–Kier alpha value is -2.21. The van der Waals surface area contributed by atoms with Gasteiger partial charge in [0.05, 0.1) is 12.6 Å². The van der Waals surface area contributed by atoms with Gasteiger partial charge in [-0.25, -0.2) is 4.39 Å². The Kier molecular flexibility index (Phi) is 4.94. The number of fused-ring (bicyclic) bond motifs is 1. The summed E-state index contributed by atoms with van der Waals surface area (Å²) in [6, 6.07) is 12.4. The van der Waals surface area contributed by atoms with Crippen molar-refractivity contribution in [3.05, 3.63) is 59.4 Å². The molecule has 24 heavy (non-hydrogen) atoms. The van der Waals surface area contributed by atoms with Gasteiger partial charge in [-0.2, -0.15) is 0 Å². The number of nitrogens with two attached hydrogens (primary N) is 1. The molecule has 0 saturated carbocycles. The van der Waals surface area contributed by atoms with Crippen molar-refractivity contribution >= 4 is 11.0 Å². The Morgan fingerprint density at radius 3 is 2.79 bits per heavy atom. The van der Waals surface area contributed by atoms with Crippen LogP contribution in [0.4, 0.5) is 4.39 Å². The zero-order valence-corrected chi connectivity index (χ0v) is 13.5. The molecule has 1 heterocycles. The van der Waals surface area contributed by atoms with E-state index in [1.54, 1.807) is 13.2 Å². The maximum Gasteiger partial charge on any atom is 0.142 e. The van der Waals surface area contributed by atoms with Crippen LogP contribution >= 0.6 is 0 Å². The molecule has 1 aromatic heterocycles. The van der Waals surface area contributed by atoms with E-state index in [2.05, 4.69) is 0 Å². The second-order valence-corrected chi connectivity index (χ2v) is 5.75. The molecule has 3 N–H and O–H groups in total. The maximum absolute atomic E-state index is 12.9. The van der Waals surface area contributed by atoms with Crippen LogP contribution in [0, 0.1) is 0 Å². The Morgan fingerprint density at radius 1 is 1.25 bits per heavy atom. The highest BCUT2D eigenvalue weighted by Gasteiger charge is 2.14. The third-order valence-electron chi connectivity index (χ3n) is 3.99. The van der Waals surface area contributed by atoms with Crippen LogP contribution in [0.25, 0.3) is 22.1 Å². The maximum atomic E-state index is 12.9.